The third-order valence-corrected chi connectivity index (χ3v) is 2.27. The predicted molar refractivity (Wildman–Crippen MR) is 67.2 cm³/mol. The van der Waals surface area contributed by atoms with Crippen molar-refractivity contribution in [3.63, 3.8) is 0 Å². The number of methoxy groups -OCH3 is 2. The Bertz CT molecular complexity index is 346. The summed E-state index contributed by atoms with van der Waals surface area (Å²) in [7, 11) is 2.69. The van der Waals surface area contributed by atoms with Gasteiger partial charge in [-0.25, -0.2) is 9.59 Å². The first-order valence-electron chi connectivity index (χ1n) is 5.32. The van der Waals surface area contributed by atoms with E-state index in [1.807, 2.05) is 0 Å². The number of esters is 2. The summed E-state index contributed by atoms with van der Waals surface area (Å²) in [6.07, 6.45) is 2.74. The van der Waals surface area contributed by atoms with E-state index in [1.54, 1.807) is 6.92 Å². The van der Waals surface area contributed by atoms with Crippen LogP contribution in [0, 0.1) is 0 Å². The molecule has 0 saturated carbocycles. The molecule has 0 aromatic heterocycles. The summed E-state index contributed by atoms with van der Waals surface area (Å²) < 4.78 is 14.2. The molecule has 102 valence electrons. The second kappa shape index (κ2) is 9.53. The fraction of sp³-hybridized carbons (Fsp3) is 0.500. The molecule has 5 nitrogen and oxygen atoms in total. The standard InChI is InChI=1S/C12H17ClO5/c1-4-18-12(15)6-9(8-13)5-10(16-2)7-11(14)17-3/h6-7H,4-5,8H2,1-3H3/b9-6-,10-7-. The number of carbonyl (C=O) groups is 2. The van der Waals surface area contributed by atoms with E-state index >= 15 is 0 Å². The number of alkyl halides is 1. The SMILES string of the molecule is CCOC(=O)/C=C(\CCl)C/C(=C/C(=O)OC)OC. The number of hydrogen-bond acceptors (Lipinski definition) is 5. The minimum absolute atomic E-state index is 0.140. The van der Waals surface area contributed by atoms with Crippen LogP contribution in [0.3, 0.4) is 0 Å². The molecule has 0 rings (SSSR count). The maximum absolute atomic E-state index is 11.3. The van der Waals surface area contributed by atoms with Crippen molar-refractivity contribution in [1.82, 2.24) is 0 Å². The third-order valence-electron chi connectivity index (χ3n) is 1.92. The molecule has 0 spiro atoms. The molecule has 0 aliphatic heterocycles. The molecule has 0 aromatic rings. The van der Waals surface area contributed by atoms with Crippen LogP contribution in [-0.4, -0.2) is 38.6 Å². The fourth-order valence-corrected chi connectivity index (χ4v) is 1.26. The predicted octanol–water partition coefficient (Wildman–Crippen LogP) is 1.81. The number of hydrogen-bond donors (Lipinski definition) is 0. The van der Waals surface area contributed by atoms with Gasteiger partial charge in [-0.1, -0.05) is 0 Å². The average Bonchev–Trinajstić information content (AvgIpc) is 2.36. The monoisotopic (exact) mass is 276 g/mol. The van der Waals surface area contributed by atoms with Crippen LogP contribution < -0.4 is 0 Å². The van der Waals surface area contributed by atoms with Crippen molar-refractivity contribution in [3.8, 4) is 0 Å². The van der Waals surface area contributed by atoms with Crippen molar-refractivity contribution >= 4 is 23.5 Å². The van der Waals surface area contributed by atoms with Gasteiger partial charge in [-0.05, 0) is 12.5 Å². The van der Waals surface area contributed by atoms with Gasteiger partial charge < -0.3 is 14.2 Å². The Balaban J connectivity index is 4.73. The number of rotatable bonds is 7. The Hall–Kier alpha value is -1.49. The smallest absolute Gasteiger partial charge is 0.333 e. The van der Waals surface area contributed by atoms with E-state index in [4.69, 9.17) is 21.1 Å². The molecule has 0 saturated heterocycles. The first kappa shape index (κ1) is 16.5. The van der Waals surface area contributed by atoms with E-state index in [-0.39, 0.29) is 12.3 Å². The zero-order valence-corrected chi connectivity index (χ0v) is 11.5. The minimum Gasteiger partial charge on any atom is -0.500 e. The Morgan fingerprint density at radius 2 is 1.78 bits per heavy atom. The summed E-state index contributed by atoms with van der Waals surface area (Å²) in [5.74, 6) is -0.502. The first-order chi connectivity index (χ1) is 8.57. The van der Waals surface area contributed by atoms with Crippen molar-refractivity contribution in [3.05, 3.63) is 23.5 Å². The number of halogens is 1. The van der Waals surface area contributed by atoms with Crippen molar-refractivity contribution < 1.29 is 23.8 Å². The van der Waals surface area contributed by atoms with Crippen LogP contribution in [-0.2, 0) is 23.8 Å². The van der Waals surface area contributed by atoms with E-state index in [2.05, 4.69) is 4.74 Å². The van der Waals surface area contributed by atoms with Gasteiger partial charge in [-0.3, -0.25) is 0 Å². The van der Waals surface area contributed by atoms with Crippen LogP contribution in [0.4, 0.5) is 0 Å². The Morgan fingerprint density at radius 3 is 2.22 bits per heavy atom. The highest BCUT2D eigenvalue weighted by molar-refractivity contribution is 6.19. The number of allylic oxidation sites excluding steroid dienone is 1. The lowest BCUT2D eigenvalue weighted by atomic mass is 10.1. The number of ether oxygens (including phenoxy) is 3. The van der Waals surface area contributed by atoms with E-state index in [9.17, 15) is 9.59 Å². The molecule has 0 aliphatic carbocycles. The first-order valence-corrected chi connectivity index (χ1v) is 5.85. The molecule has 0 heterocycles. The summed E-state index contributed by atoms with van der Waals surface area (Å²) >= 11 is 5.71. The molecule has 0 bridgehead atoms. The lowest BCUT2D eigenvalue weighted by Crippen LogP contribution is -2.04. The summed E-state index contributed by atoms with van der Waals surface area (Å²) in [6.45, 7) is 2.00. The van der Waals surface area contributed by atoms with Gasteiger partial charge in [0.2, 0.25) is 0 Å². The van der Waals surface area contributed by atoms with Crippen LogP contribution in [0.5, 0.6) is 0 Å². The lowest BCUT2D eigenvalue weighted by Gasteiger charge is -2.07. The molecule has 0 atom stereocenters. The van der Waals surface area contributed by atoms with Crippen molar-refractivity contribution in [2.75, 3.05) is 26.7 Å². The topological polar surface area (TPSA) is 61.8 Å². The van der Waals surface area contributed by atoms with Gasteiger partial charge in [0.25, 0.3) is 0 Å². The fourth-order valence-electron chi connectivity index (χ4n) is 1.08. The Kier molecular flexibility index (Phi) is 8.74. The van der Waals surface area contributed by atoms with E-state index in [0.29, 0.717) is 17.9 Å². The van der Waals surface area contributed by atoms with Gasteiger partial charge in [0.15, 0.2) is 0 Å². The summed E-state index contributed by atoms with van der Waals surface area (Å²) in [6, 6.07) is 0. The molecule has 18 heavy (non-hydrogen) atoms. The third kappa shape index (κ3) is 6.96. The normalized spacial score (nSPS) is 12.0. The quantitative estimate of drug-likeness (QED) is 0.307. The summed E-state index contributed by atoms with van der Waals surface area (Å²) in [5, 5.41) is 0. The van der Waals surface area contributed by atoms with Crippen LogP contribution >= 0.6 is 11.6 Å². The largest absolute Gasteiger partial charge is 0.500 e. The van der Waals surface area contributed by atoms with Gasteiger partial charge in [0.1, 0.15) is 5.76 Å². The zero-order chi connectivity index (χ0) is 14.0. The molecule has 0 radical (unpaired) electrons. The maximum atomic E-state index is 11.3. The van der Waals surface area contributed by atoms with E-state index in [0.717, 1.165) is 0 Å². The van der Waals surface area contributed by atoms with Crippen LogP contribution in [0.1, 0.15) is 13.3 Å². The second-order valence-electron chi connectivity index (χ2n) is 3.20. The molecule has 0 amide bonds. The highest BCUT2D eigenvalue weighted by atomic mass is 35.5. The molecule has 0 aromatic carbocycles. The van der Waals surface area contributed by atoms with Gasteiger partial charge >= 0.3 is 11.9 Å². The molecular formula is C12H17ClO5. The second-order valence-corrected chi connectivity index (χ2v) is 3.47. The van der Waals surface area contributed by atoms with Crippen molar-refractivity contribution in [2.45, 2.75) is 13.3 Å². The molecule has 6 heteroatoms. The maximum Gasteiger partial charge on any atom is 0.333 e. The lowest BCUT2D eigenvalue weighted by molar-refractivity contribution is -0.137. The van der Waals surface area contributed by atoms with Crippen molar-refractivity contribution in [2.24, 2.45) is 0 Å². The molecule has 0 fully saturated rings. The molecular weight excluding hydrogens is 260 g/mol. The highest BCUT2D eigenvalue weighted by Crippen LogP contribution is 2.13. The highest BCUT2D eigenvalue weighted by Gasteiger charge is 2.08. The summed E-state index contributed by atoms with van der Waals surface area (Å²) in [4.78, 5) is 22.3. The van der Waals surface area contributed by atoms with Gasteiger partial charge in [0.05, 0.1) is 26.9 Å². The van der Waals surface area contributed by atoms with Crippen LogP contribution in [0.25, 0.3) is 0 Å². The zero-order valence-electron chi connectivity index (χ0n) is 10.7. The van der Waals surface area contributed by atoms with Gasteiger partial charge in [0, 0.05) is 18.4 Å². The molecule has 0 N–H and O–H groups in total. The average molecular weight is 277 g/mol. The number of carbonyl (C=O) groups excluding carboxylic acids is 2. The summed E-state index contributed by atoms with van der Waals surface area (Å²) in [5.41, 5.74) is 0.590. The van der Waals surface area contributed by atoms with Gasteiger partial charge in [-0.2, -0.15) is 0 Å². The van der Waals surface area contributed by atoms with E-state index < -0.39 is 11.9 Å². The molecule has 0 unspecified atom stereocenters. The Labute approximate surface area is 111 Å². The van der Waals surface area contributed by atoms with Gasteiger partial charge in [-0.15, -0.1) is 11.6 Å². The Morgan fingerprint density at radius 1 is 1.11 bits per heavy atom. The van der Waals surface area contributed by atoms with Crippen LogP contribution in [0.2, 0.25) is 0 Å². The van der Waals surface area contributed by atoms with E-state index in [1.165, 1.54) is 26.4 Å². The van der Waals surface area contributed by atoms with Crippen LogP contribution in [0.15, 0.2) is 23.5 Å². The molecule has 0 aliphatic rings. The van der Waals surface area contributed by atoms with Crippen molar-refractivity contribution in [1.29, 1.82) is 0 Å². The minimum atomic E-state index is -0.531.